The summed E-state index contributed by atoms with van der Waals surface area (Å²) in [6.07, 6.45) is 2.47. The van der Waals surface area contributed by atoms with Crippen LogP contribution in [0.1, 0.15) is 29.5 Å². The molecule has 0 unspecified atom stereocenters. The van der Waals surface area contributed by atoms with Crippen molar-refractivity contribution < 1.29 is 14.9 Å². The van der Waals surface area contributed by atoms with E-state index in [4.69, 9.17) is 4.74 Å². The summed E-state index contributed by atoms with van der Waals surface area (Å²) in [7, 11) is 0. The Bertz CT molecular complexity index is 1010. The first-order valence-corrected chi connectivity index (χ1v) is 10.6. The molecular formula is C25H30N2O3. The Hall–Kier alpha value is -2.47. The zero-order chi connectivity index (χ0) is 21.1. The number of aryl methyl sites for hydroxylation is 2. The van der Waals surface area contributed by atoms with Crippen LogP contribution >= 0.6 is 0 Å². The van der Waals surface area contributed by atoms with E-state index in [1.54, 1.807) is 6.20 Å². The minimum atomic E-state index is -0.867. The zero-order valence-corrected chi connectivity index (χ0v) is 17.7. The monoisotopic (exact) mass is 406 g/mol. The standard InChI is InChI=1S/C25H30N2O3/c1-18-7-8-24(19(2)13-18)30-17-22(28)16-27-11-9-25(29,10-12-27)21-14-20-5-3-4-6-23(20)26-15-21/h3-8,13-15,22,28-29H,9-12,16-17H2,1-2H3/t22-/m0/s1. The van der Waals surface area contributed by atoms with Gasteiger partial charge in [-0.3, -0.25) is 4.98 Å². The van der Waals surface area contributed by atoms with Crippen molar-refractivity contribution in [2.75, 3.05) is 26.2 Å². The number of hydrogen-bond acceptors (Lipinski definition) is 5. The van der Waals surface area contributed by atoms with E-state index >= 15 is 0 Å². The molecule has 0 bridgehead atoms. The first-order valence-electron chi connectivity index (χ1n) is 10.6. The van der Waals surface area contributed by atoms with Crippen LogP contribution in [0.5, 0.6) is 5.75 Å². The molecule has 5 heteroatoms. The smallest absolute Gasteiger partial charge is 0.122 e. The van der Waals surface area contributed by atoms with Gasteiger partial charge in [-0.2, -0.15) is 0 Å². The largest absolute Gasteiger partial charge is 0.491 e. The Balaban J connectivity index is 1.31. The quantitative estimate of drug-likeness (QED) is 0.655. The van der Waals surface area contributed by atoms with E-state index in [0.29, 0.717) is 19.4 Å². The lowest BCUT2D eigenvalue weighted by Gasteiger charge is -2.39. The molecular weight excluding hydrogens is 376 g/mol. The first-order chi connectivity index (χ1) is 14.4. The average Bonchev–Trinajstić information content (AvgIpc) is 2.74. The fraction of sp³-hybridized carbons (Fsp3) is 0.400. The van der Waals surface area contributed by atoms with E-state index in [0.717, 1.165) is 40.9 Å². The maximum absolute atomic E-state index is 11.2. The van der Waals surface area contributed by atoms with Gasteiger partial charge in [-0.25, -0.2) is 0 Å². The number of β-amino-alcohol motifs (C(OH)–C–C–N with tert-alkyl or cyclic N) is 1. The summed E-state index contributed by atoms with van der Waals surface area (Å²) >= 11 is 0. The van der Waals surface area contributed by atoms with Crippen LogP contribution in [0.3, 0.4) is 0 Å². The molecule has 0 spiro atoms. The number of aliphatic hydroxyl groups excluding tert-OH is 1. The molecule has 3 aromatic rings. The fourth-order valence-electron chi connectivity index (χ4n) is 4.22. The highest BCUT2D eigenvalue weighted by Gasteiger charge is 2.34. The molecule has 30 heavy (non-hydrogen) atoms. The SMILES string of the molecule is Cc1ccc(OC[C@@H](O)CN2CCC(O)(c3cnc4ccccc4c3)CC2)c(C)c1. The molecule has 1 aromatic heterocycles. The van der Waals surface area contributed by atoms with Gasteiger partial charge in [0.05, 0.1) is 11.1 Å². The predicted octanol–water partition coefficient (Wildman–Crippen LogP) is 3.57. The number of ether oxygens (including phenoxy) is 1. The highest BCUT2D eigenvalue weighted by molar-refractivity contribution is 5.78. The normalized spacial score (nSPS) is 17.7. The van der Waals surface area contributed by atoms with Crippen molar-refractivity contribution >= 4 is 10.9 Å². The molecule has 1 aliphatic heterocycles. The van der Waals surface area contributed by atoms with E-state index in [1.165, 1.54) is 5.56 Å². The summed E-state index contributed by atoms with van der Waals surface area (Å²) < 4.78 is 5.81. The van der Waals surface area contributed by atoms with Crippen molar-refractivity contribution in [2.24, 2.45) is 0 Å². The van der Waals surface area contributed by atoms with Crippen molar-refractivity contribution in [1.82, 2.24) is 9.88 Å². The number of piperidine rings is 1. The molecule has 4 rings (SSSR count). The van der Waals surface area contributed by atoms with Gasteiger partial charge in [0.2, 0.25) is 0 Å². The molecule has 2 heterocycles. The van der Waals surface area contributed by atoms with Crippen molar-refractivity contribution in [2.45, 2.75) is 38.4 Å². The number of nitrogens with zero attached hydrogens (tertiary/aromatic N) is 2. The topological polar surface area (TPSA) is 65.8 Å². The summed E-state index contributed by atoms with van der Waals surface area (Å²) in [5, 5.41) is 22.7. The molecule has 1 atom stereocenters. The van der Waals surface area contributed by atoms with Gasteiger partial charge >= 0.3 is 0 Å². The van der Waals surface area contributed by atoms with Gasteiger partial charge < -0.3 is 19.8 Å². The Morgan fingerprint density at radius 2 is 1.87 bits per heavy atom. The highest BCUT2D eigenvalue weighted by atomic mass is 16.5. The summed E-state index contributed by atoms with van der Waals surface area (Å²) in [4.78, 5) is 6.70. The third kappa shape index (κ3) is 4.64. The number of rotatable bonds is 6. The van der Waals surface area contributed by atoms with Crippen LogP contribution in [0, 0.1) is 13.8 Å². The van der Waals surface area contributed by atoms with Crippen LogP contribution in [0.4, 0.5) is 0 Å². The third-order valence-electron chi connectivity index (χ3n) is 6.04. The van der Waals surface area contributed by atoms with Crippen molar-refractivity contribution in [3.8, 4) is 5.75 Å². The van der Waals surface area contributed by atoms with E-state index in [-0.39, 0.29) is 6.61 Å². The van der Waals surface area contributed by atoms with Crippen LogP contribution < -0.4 is 4.74 Å². The lowest BCUT2D eigenvalue weighted by molar-refractivity contribution is -0.0373. The average molecular weight is 407 g/mol. The second-order valence-electron chi connectivity index (χ2n) is 8.48. The number of aromatic nitrogens is 1. The van der Waals surface area contributed by atoms with E-state index < -0.39 is 11.7 Å². The second kappa shape index (κ2) is 8.72. The minimum Gasteiger partial charge on any atom is -0.491 e. The molecule has 2 N–H and O–H groups in total. The summed E-state index contributed by atoms with van der Waals surface area (Å²) in [6.45, 7) is 6.32. The van der Waals surface area contributed by atoms with Crippen LogP contribution in [0.2, 0.25) is 0 Å². The maximum atomic E-state index is 11.2. The minimum absolute atomic E-state index is 0.263. The molecule has 2 aromatic carbocycles. The van der Waals surface area contributed by atoms with Gasteiger partial charge in [0.1, 0.15) is 18.5 Å². The van der Waals surface area contributed by atoms with Crippen molar-refractivity contribution in [1.29, 1.82) is 0 Å². The molecule has 0 aliphatic carbocycles. The van der Waals surface area contributed by atoms with Gasteiger partial charge in [0.25, 0.3) is 0 Å². The third-order valence-corrected chi connectivity index (χ3v) is 6.04. The number of aliphatic hydroxyl groups is 2. The summed E-state index contributed by atoms with van der Waals surface area (Å²) in [5.41, 5.74) is 3.22. The number of likely N-dealkylation sites (tertiary alicyclic amines) is 1. The number of para-hydroxylation sites is 1. The van der Waals surface area contributed by atoms with Crippen LogP contribution in [0.25, 0.3) is 10.9 Å². The fourth-order valence-corrected chi connectivity index (χ4v) is 4.22. The molecule has 0 amide bonds. The Labute approximate surface area is 177 Å². The van der Waals surface area contributed by atoms with E-state index in [9.17, 15) is 10.2 Å². The zero-order valence-electron chi connectivity index (χ0n) is 17.7. The maximum Gasteiger partial charge on any atom is 0.122 e. The van der Waals surface area contributed by atoms with Crippen LogP contribution in [0.15, 0.2) is 54.7 Å². The van der Waals surface area contributed by atoms with Gasteiger partial charge in [-0.1, -0.05) is 35.9 Å². The van der Waals surface area contributed by atoms with Crippen molar-refractivity contribution in [3.63, 3.8) is 0 Å². The second-order valence-corrected chi connectivity index (χ2v) is 8.48. The van der Waals surface area contributed by atoms with Crippen LogP contribution in [-0.4, -0.2) is 52.4 Å². The number of hydrogen-bond donors (Lipinski definition) is 2. The van der Waals surface area contributed by atoms with Crippen LogP contribution in [-0.2, 0) is 5.60 Å². The Kier molecular flexibility index (Phi) is 6.04. The molecule has 0 saturated carbocycles. The predicted molar refractivity (Wildman–Crippen MR) is 119 cm³/mol. The van der Waals surface area contributed by atoms with Gasteiger partial charge in [0, 0.05) is 36.8 Å². The Morgan fingerprint density at radius 1 is 1.10 bits per heavy atom. The lowest BCUT2D eigenvalue weighted by atomic mass is 9.84. The van der Waals surface area contributed by atoms with Crippen molar-refractivity contribution in [3.05, 3.63) is 71.4 Å². The molecule has 1 saturated heterocycles. The summed E-state index contributed by atoms with van der Waals surface area (Å²) in [5.74, 6) is 0.816. The van der Waals surface area contributed by atoms with E-state index in [2.05, 4.69) is 22.9 Å². The molecule has 158 valence electrons. The number of benzene rings is 2. The highest BCUT2D eigenvalue weighted by Crippen LogP contribution is 2.33. The Morgan fingerprint density at radius 3 is 2.63 bits per heavy atom. The molecule has 1 aliphatic rings. The number of pyridine rings is 1. The number of fused-ring (bicyclic) bond motifs is 1. The molecule has 0 radical (unpaired) electrons. The molecule has 5 nitrogen and oxygen atoms in total. The van der Waals surface area contributed by atoms with E-state index in [1.807, 2.05) is 49.4 Å². The van der Waals surface area contributed by atoms with Gasteiger partial charge in [-0.05, 0) is 50.5 Å². The molecule has 1 fully saturated rings. The summed E-state index contributed by atoms with van der Waals surface area (Å²) in [6, 6.07) is 16.1. The lowest BCUT2D eigenvalue weighted by Crippen LogP contribution is -2.46. The van der Waals surface area contributed by atoms with Gasteiger partial charge in [0.15, 0.2) is 0 Å². The first kappa shape index (κ1) is 20.8. The van der Waals surface area contributed by atoms with Gasteiger partial charge in [-0.15, -0.1) is 0 Å².